The van der Waals surface area contributed by atoms with E-state index in [0.717, 1.165) is 24.9 Å². The van der Waals surface area contributed by atoms with Crippen molar-refractivity contribution in [2.45, 2.75) is 44.4 Å². The number of rotatable bonds is 3. The van der Waals surface area contributed by atoms with Crippen LogP contribution in [0.15, 0.2) is 30.5 Å². The van der Waals surface area contributed by atoms with Crippen LogP contribution in [0, 0.1) is 17.2 Å². The first-order valence-electron chi connectivity index (χ1n) is 13.9. The van der Waals surface area contributed by atoms with E-state index in [9.17, 15) is 18.8 Å². The molecule has 208 valence electrons. The smallest absolute Gasteiger partial charge is 0.272 e. The molecule has 3 aliphatic heterocycles. The summed E-state index contributed by atoms with van der Waals surface area (Å²) in [6.07, 6.45) is 5.55. The number of H-pyrrole nitrogens is 1. The molecule has 4 aliphatic rings. The summed E-state index contributed by atoms with van der Waals surface area (Å²) in [5.74, 6) is -0.690. The lowest BCUT2D eigenvalue weighted by molar-refractivity contribution is -0.132. The van der Waals surface area contributed by atoms with Crippen LogP contribution in [-0.4, -0.2) is 75.4 Å². The van der Waals surface area contributed by atoms with Crippen LogP contribution in [0.25, 0.3) is 11.0 Å². The van der Waals surface area contributed by atoms with Gasteiger partial charge in [0.15, 0.2) is 0 Å². The van der Waals surface area contributed by atoms with Crippen molar-refractivity contribution < 1.29 is 18.8 Å². The van der Waals surface area contributed by atoms with Gasteiger partial charge in [-0.15, -0.1) is 0 Å². The molecule has 5 heterocycles. The van der Waals surface area contributed by atoms with Crippen molar-refractivity contribution in [2.75, 3.05) is 37.6 Å². The lowest BCUT2D eigenvalue weighted by atomic mass is 9.73. The summed E-state index contributed by atoms with van der Waals surface area (Å²) < 4.78 is 14.8. The SMILES string of the molecule is C[C@]12CCC[C@H]1CN(C(=O)CN1C(=O)C3(CCN(C(=O)c4ccc5[nH]ncc5n4)CC3)c3c1ccc(F)c3Cl)C2. The van der Waals surface area contributed by atoms with E-state index in [-0.39, 0.29) is 60.6 Å². The number of aromatic nitrogens is 3. The maximum atomic E-state index is 14.8. The van der Waals surface area contributed by atoms with E-state index in [2.05, 4.69) is 22.1 Å². The molecule has 3 fully saturated rings. The number of carbonyl (C=O) groups excluding carboxylic acids is 3. The molecule has 9 nitrogen and oxygen atoms in total. The molecule has 1 aliphatic carbocycles. The number of fused-ring (bicyclic) bond motifs is 4. The second kappa shape index (κ2) is 8.99. The topological polar surface area (TPSA) is 102 Å². The summed E-state index contributed by atoms with van der Waals surface area (Å²) in [5, 5.41) is 6.69. The van der Waals surface area contributed by atoms with Gasteiger partial charge in [0.1, 0.15) is 23.6 Å². The Bertz CT molecular complexity index is 1570. The highest BCUT2D eigenvalue weighted by atomic mass is 35.5. The average Bonchev–Trinajstić information content (AvgIpc) is 3.69. The fourth-order valence-electron chi connectivity index (χ4n) is 7.54. The van der Waals surface area contributed by atoms with Gasteiger partial charge in [-0.2, -0.15) is 5.10 Å². The average molecular weight is 565 g/mol. The lowest BCUT2D eigenvalue weighted by Crippen LogP contribution is -2.51. The number of nitrogens with one attached hydrogen (secondary N) is 1. The van der Waals surface area contributed by atoms with Gasteiger partial charge >= 0.3 is 0 Å². The van der Waals surface area contributed by atoms with Crippen molar-refractivity contribution in [1.82, 2.24) is 25.0 Å². The largest absolute Gasteiger partial charge is 0.340 e. The quantitative estimate of drug-likeness (QED) is 0.519. The van der Waals surface area contributed by atoms with Gasteiger partial charge < -0.3 is 14.7 Å². The van der Waals surface area contributed by atoms with Gasteiger partial charge in [-0.25, -0.2) is 9.37 Å². The number of hydrogen-bond donors (Lipinski definition) is 1. The lowest BCUT2D eigenvalue weighted by Gasteiger charge is -2.38. The van der Waals surface area contributed by atoms with E-state index in [1.807, 2.05) is 4.90 Å². The highest BCUT2D eigenvalue weighted by molar-refractivity contribution is 6.33. The molecular formula is C29H30ClFN6O3. The number of amides is 3. The Labute approximate surface area is 235 Å². The number of hydrogen-bond acceptors (Lipinski definition) is 5. The minimum atomic E-state index is -1.10. The highest BCUT2D eigenvalue weighted by Gasteiger charge is 2.55. The van der Waals surface area contributed by atoms with Gasteiger partial charge in [-0.1, -0.05) is 24.9 Å². The third-order valence-corrected chi connectivity index (χ3v) is 10.2. The Kier molecular flexibility index (Phi) is 5.72. The van der Waals surface area contributed by atoms with E-state index in [0.29, 0.717) is 34.9 Å². The molecule has 3 aromatic rings. The van der Waals surface area contributed by atoms with E-state index >= 15 is 0 Å². The fourth-order valence-corrected chi connectivity index (χ4v) is 7.88. The zero-order valence-electron chi connectivity index (χ0n) is 22.3. The standard InChI is InChI=1S/C29H30ClFN6O3/c1-28-8-2-3-17(28)14-36(16-28)23(38)15-37-22-7-4-18(31)25(30)24(22)29(27(37)40)9-11-35(12-10-29)26(39)20-6-5-19-21(33-20)13-32-34-19/h4-7,13,17H,2-3,8-12,14-16H2,1H3,(H,32,34)/t17-,28+/m0/s1. The minimum Gasteiger partial charge on any atom is -0.340 e. The number of halogens is 2. The predicted molar refractivity (Wildman–Crippen MR) is 146 cm³/mol. The van der Waals surface area contributed by atoms with Crippen molar-refractivity contribution in [3.05, 3.63) is 52.6 Å². The van der Waals surface area contributed by atoms with Crippen LogP contribution >= 0.6 is 11.6 Å². The molecule has 2 aromatic heterocycles. The Morgan fingerprint density at radius 1 is 1.15 bits per heavy atom. The first kappa shape index (κ1) is 25.4. The van der Waals surface area contributed by atoms with Crippen molar-refractivity contribution >= 4 is 46.0 Å². The molecule has 2 saturated heterocycles. The first-order chi connectivity index (χ1) is 19.2. The summed E-state index contributed by atoms with van der Waals surface area (Å²) in [6.45, 7) is 4.12. The van der Waals surface area contributed by atoms with Gasteiger partial charge in [0.25, 0.3) is 5.91 Å². The molecule has 0 unspecified atom stereocenters. The second-order valence-corrected chi connectivity index (χ2v) is 12.4. The first-order valence-corrected chi connectivity index (χ1v) is 14.3. The van der Waals surface area contributed by atoms with Crippen LogP contribution in [-0.2, 0) is 15.0 Å². The van der Waals surface area contributed by atoms with Gasteiger partial charge in [0.2, 0.25) is 11.8 Å². The predicted octanol–water partition coefficient (Wildman–Crippen LogP) is 3.92. The number of anilines is 1. The maximum absolute atomic E-state index is 14.8. The Morgan fingerprint density at radius 3 is 2.73 bits per heavy atom. The number of nitrogens with zero attached hydrogens (tertiary/aromatic N) is 5. The van der Waals surface area contributed by atoms with Gasteiger partial charge in [0.05, 0.1) is 27.8 Å². The van der Waals surface area contributed by atoms with E-state index in [1.54, 1.807) is 29.3 Å². The Morgan fingerprint density at radius 2 is 1.95 bits per heavy atom. The van der Waals surface area contributed by atoms with Crippen LogP contribution < -0.4 is 4.90 Å². The Hall–Kier alpha value is -3.53. The molecule has 1 saturated carbocycles. The summed E-state index contributed by atoms with van der Waals surface area (Å²) in [5.41, 5.74) is 1.60. The van der Waals surface area contributed by atoms with E-state index in [1.165, 1.54) is 17.4 Å². The molecule has 3 amide bonds. The monoisotopic (exact) mass is 564 g/mol. The van der Waals surface area contributed by atoms with Crippen LogP contribution in [0.2, 0.25) is 5.02 Å². The molecule has 40 heavy (non-hydrogen) atoms. The zero-order chi connectivity index (χ0) is 27.8. The van der Waals surface area contributed by atoms with Crippen LogP contribution in [0.5, 0.6) is 0 Å². The fraction of sp³-hybridized carbons (Fsp3) is 0.483. The molecule has 0 bridgehead atoms. The summed E-state index contributed by atoms with van der Waals surface area (Å²) in [7, 11) is 0. The van der Waals surface area contributed by atoms with E-state index < -0.39 is 11.2 Å². The van der Waals surface area contributed by atoms with Crippen molar-refractivity contribution in [2.24, 2.45) is 11.3 Å². The molecule has 1 spiro atoms. The molecule has 11 heteroatoms. The number of likely N-dealkylation sites (tertiary alicyclic amines) is 2. The summed E-state index contributed by atoms with van der Waals surface area (Å²) in [4.78, 5) is 50.3. The second-order valence-electron chi connectivity index (χ2n) is 12.0. The van der Waals surface area contributed by atoms with Gasteiger partial charge in [-0.3, -0.25) is 19.5 Å². The third-order valence-electron chi connectivity index (χ3n) is 9.84. The number of piperidine rings is 1. The molecular weight excluding hydrogens is 535 g/mol. The highest BCUT2D eigenvalue weighted by Crippen LogP contribution is 2.52. The molecule has 1 N–H and O–H groups in total. The number of aromatic amines is 1. The van der Waals surface area contributed by atoms with Crippen molar-refractivity contribution in [1.29, 1.82) is 0 Å². The molecule has 2 atom stereocenters. The summed E-state index contributed by atoms with van der Waals surface area (Å²) in [6, 6.07) is 6.21. The maximum Gasteiger partial charge on any atom is 0.272 e. The van der Waals surface area contributed by atoms with Crippen LogP contribution in [0.3, 0.4) is 0 Å². The van der Waals surface area contributed by atoms with Crippen LogP contribution in [0.1, 0.15) is 55.1 Å². The van der Waals surface area contributed by atoms with Gasteiger partial charge in [0, 0.05) is 31.7 Å². The van der Waals surface area contributed by atoms with Crippen molar-refractivity contribution in [3.8, 4) is 0 Å². The zero-order valence-corrected chi connectivity index (χ0v) is 23.0. The molecule has 7 rings (SSSR count). The normalized spacial score (nSPS) is 25.2. The number of benzene rings is 1. The van der Waals surface area contributed by atoms with Crippen molar-refractivity contribution in [3.63, 3.8) is 0 Å². The Balaban J connectivity index is 1.13. The minimum absolute atomic E-state index is 0.0872. The van der Waals surface area contributed by atoms with Gasteiger partial charge in [-0.05, 0) is 61.3 Å². The summed E-state index contributed by atoms with van der Waals surface area (Å²) >= 11 is 6.53. The van der Waals surface area contributed by atoms with Crippen LogP contribution in [0.4, 0.5) is 10.1 Å². The number of carbonyl (C=O) groups is 3. The number of pyridine rings is 1. The molecule has 1 aromatic carbocycles. The van der Waals surface area contributed by atoms with E-state index in [4.69, 9.17) is 11.6 Å². The third kappa shape index (κ3) is 3.68. The molecule has 0 radical (unpaired) electrons.